The van der Waals surface area contributed by atoms with Crippen LogP contribution in [0.1, 0.15) is 65.2 Å². The van der Waals surface area contributed by atoms with Crippen LogP contribution in [0, 0.1) is 5.92 Å². The summed E-state index contributed by atoms with van der Waals surface area (Å²) in [6, 6.07) is 0.549. The summed E-state index contributed by atoms with van der Waals surface area (Å²) in [5.74, 6) is 1.89. The Bertz CT molecular complexity index is 377. The molecule has 1 N–H and O–H groups in total. The smallest absolute Gasteiger partial charge is 0.141 e. The zero-order valence-electron chi connectivity index (χ0n) is 12.1. The number of aromatic nitrogens is 3. The topological polar surface area (TPSA) is 42.7 Å². The van der Waals surface area contributed by atoms with Crippen LogP contribution in [0.15, 0.2) is 6.33 Å². The predicted octanol–water partition coefficient (Wildman–Crippen LogP) is 2.92. The molecule has 0 bridgehead atoms. The summed E-state index contributed by atoms with van der Waals surface area (Å²) < 4.78 is 2.15. The molecule has 1 aromatic rings. The van der Waals surface area contributed by atoms with Crippen LogP contribution in [0.2, 0.25) is 0 Å². The highest BCUT2D eigenvalue weighted by Gasteiger charge is 2.23. The van der Waals surface area contributed by atoms with Crippen molar-refractivity contribution in [2.45, 2.75) is 71.5 Å². The fraction of sp³-hybridized carbons (Fsp3) is 0.857. The van der Waals surface area contributed by atoms with E-state index in [9.17, 15) is 0 Å². The lowest BCUT2D eigenvalue weighted by Crippen LogP contribution is -2.36. The van der Waals surface area contributed by atoms with Gasteiger partial charge in [0.05, 0.1) is 12.6 Å². The van der Waals surface area contributed by atoms with Gasteiger partial charge in [-0.2, -0.15) is 5.10 Å². The number of nitrogens with one attached hydrogen (secondary N) is 1. The van der Waals surface area contributed by atoms with Gasteiger partial charge < -0.3 is 5.32 Å². The van der Waals surface area contributed by atoms with Gasteiger partial charge in [0.15, 0.2) is 0 Å². The van der Waals surface area contributed by atoms with Crippen molar-refractivity contribution >= 4 is 0 Å². The number of rotatable bonds is 3. The molecule has 1 heterocycles. The molecule has 0 spiro atoms. The molecule has 1 aliphatic rings. The number of nitrogens with zero attached hydrogens (tertiary/aromatic N) is 3. The van der Waals surface area contributed by atoms with Gasteiger partial charge in [0.1, 0.15) is 12.2 Å². The largest absolute Gasteiger partial charge is 0.305 e. The van der Waals surface area contributed by atoms with Crippen LogP contribution in [0.25, 0.3) is 0 Å². The quantitative estimate of drug-likeness (QED) is 0.897. The molecule has 1 fully saturated rings. The van der Waals surface area contributed by atoms with E-state index in [0.29, 0.717) is 6.04 Å². The molecule has 0 amide bonds. The van der Waals surface area contributed by atoms with Gasteiger partial charge in [-0.1, -0.05) is 19.8 Å². The van der Waals surface area contributed by atoms with Gasteiger partial charge in [0, 0.05) is 5.54 Å². The third-order valence-electron chi connectivity index (χ3n) is 3.68. The highest BCUT2D eigenvalue weighted by atomic mass is 15.4. The molecule has 0 saturated heterocycles. The maximum atomic E-state index is 4.44. The Hall–Kier alpha value is -0.900. The Labute approximate surface area is 110 Å². The molecule has 18 heavy (non-hydrogen) atoms. The van der Waals surface area contributed by atoms with Gasteiger partial charge in [-0.15, -0.1) is 0 Å². The van der Waals surface area contributed by atoms with Gasteiger partial charge in [-0.3, -0.25) is 0 Å². The van der Waals surface area contributed by atoms with E-state index < -0.39 is 0 Å². The Morgan fingerprint density at radius 1 is 1.39 bits per heavy atom. The normalized spacial score (nSPS) is 25.3. The Morgan fingerprint density at radius 2 is 2.17 bits per heavy atom. The van der Waals surface area contributed by atoms with Crippen molar-refractivity contribution in [1.82, 2.24) is 20.1 Å². The Morgan fingerprint density at radius 3 is 2.83 bits per heavy atom. The van der Waals surface area contributed by atoms with Crippen LogP contribution < -0.4 is 5.32 Å². The predicted molar refractivity (Wildman–Crippen MR) is 73.3 cm³/mol. The molecular weight excluding hydrogens is 224 g/mol. The molecule has 102 valence electrons. The second-order valence-corrected chi connectivity index (χ2v) is 6.65. The zero-order valence-corrected chi connectivity index (χ0v) is 12.1. The van der Waals surface area contributed by atoms with Gasteiger partial charge >= 0.3 is 0 Å². The molecule has 2 rings (SSSR count). The third-order valence-corrected chi connectivity index (χ3v) is 3.68. The Balaban J connectivity index is 2.02. The number of hydrogen-bond donors (Lipinski definition) is 1. The lowest BCUT2D eigenvalue weighted by molar-refractivity contribution is 0.257. The van der Waals surface area contributed by atoms with Crippen LogP contribution >= 0.6 is 0 Å². The van der Waals surface area contributed by atoms with Crippen molar-refractivity contribution in [3.05, 3.63) is 12.2 Å². The summed E-state index contributed by atoms with van der Waals surface area (Å²) in [5, 5.41) is 7.93. The highest BCUT2D eigenvalue weighted by Crippen LogP contribution is 2.32. The average molecular weight is 250 g/mol. The molecule has 1 saturated carbocycles. The average Bonchev–Trinajstić information content (AvgIpc) is 2.73. The fourth-order valence-corrected chi connectivity index (χ4v) is 2.67. The zero-order chi connectivity index (χ0) is 13.2. The van der Waals surface area contributed by atoms with Crippen molar-refractivity contribution in [2.24, 2.45) is 5.92 Å². The van der Waals surface area contributed by atoms with Crippen LogP contribution in [0.3, 0.4) is 0 Å². The maximum Gasteiger partial charge on any atom is 0.141 e. The molecule has 1 aromatic heterocycles. The van der Waals surface area contributed by atoms with E-state index >= 15 is 0 Å². The van der Waals surface area contributed by atoms with Crippen molar-refractivity contribution in [3.63, 3.8) is 0 Å². The number of hydrogen-bond acceptors (Lipinski definition) is 3. The molecule has 2 atom stereocenters. The van der Waals surface area contributed by atoms with Crippen molar-refractivity contribution in [3.8, 4) is 0 Å². The minimum atomic E-state index is 0.122. The molecule has 4 heteroatoms. The van der Waals surface area contributed by atoms with Gasteiger partial charge in [-0.25, -0.2) is 9.67 Å². The van der Waals surface area contributed by atoms with Gasteiger partial charge in [-0.05, 0) is 39.5 Å². The van der Waals surface area contributed by atoms with Gasteiger partial charge in [0.2, 0.25) is 0 Å². The van der Waals surface area contributed by atoms with Crippen LogP contribution in [-0.2, 0) is 6.54 Å². The summed E-state index contributed by atoms with van der Waals surface area (Å²) in [6.45, 7) is 9.67. The molecule has 0 aliphatic heterocycles. The van der Waals surface area contributed by atoms with Crippen LogP contribution in [0.5, 0.6) is 0 Å². The van der Waals surface area contributed by atoms with E-state index in [-0.39, 0.29) is 5.54 Å². The van der Waals surface area contributed by atoms with E-state index in [0.717, 1.165) is 18.3 Å². The molecule has 0 aromatic carbocycles. The van der Waals surface area contributed by atoms with Crippen LogP contribution in [0.4, 0.5) is 0 Å². The van der Waals surface area contributed by atoms with E-state index in [1.54, 1.807) is 6.33 Å². The maximum absolute atomic E-state index is 4.44. The standard InChI is InChI=1S/C14H26N4/c1-11-6-5-7-12(8-11)18-13(15-10-17-18)9-16-14(2,3)4/h10-12,16H,5-9H2,1-4H3. The first-order valence-electron chi connectivity index (χ1n) is 7.09. The molecule has 2 unspecified atom stereocenters. The minimum absolute atomic E-state index is 0.122. The Kier molecular flexibility index (Phi) is 4.05. The third kappa shape index (κ3) is 3.55. The minimum Gasteiger partial charge on any atom is -0.305 e. The molecule has 1 aliphatic carbocycles. The first-order valence-corrected chi connectivity index (χ1v) is 7.09. The molecule has 4 nitrogen and oxygen atoms in total. The lowest BCUT2D eigenvalue weighted by Gasteiger charge is -2.28. The second-order valence-electron chi connectivity index (χ2n) is 6.65. The summed E-state index contributed by atoms with van der Waals surface area (Å²) in [5.41, 5.74) is 0.122. The van der Waals surface area contributed by atoms with E-state index in [2.05, 4.69) is 47.8 Å². The van der Waals surface area contributed by atoms with Crippen LogP contribution in [-0.4, -0.2) is 20.3 Å². The SMILES string of the molecule is CC1CCCC(n2ncnc2CNC(C)(C)C)C1. The summed E-state index contributed by atoms with van der Waals surface area (Å²) in [6.07, 6.45) is 6.86. The first-order chi connectivity index (χ1) is 8.46. The summed E-state index contributed by atoms with van der Waals surface area (Å²) in [7, 11) is 0. The van der Waals surface area contributed by atoms with Crippen molar-refractivity contribution < 1.29 is 0 Å². The molecular formula is C14H26N4. The first kappa shape index (κ1) is 13.5. The summed E-state index contributed by atoms with van der Waals surface area (Å²) in [4.78, 5) is 4.41. The van der Waals surface area contributed by atoms with E-state index in [1.807, 2.05) is 0 Å². The summed E-state index contributed by atoms with van der Waals surface area (Å²) >= 11 is 0. The van der Waals surface area contributed by atoms with E-state index in [4.69, 9.17) is 0 Å². The van der Waals surface area contributed by atoms with E-state index in [1.165, 1.54) is 25.7 Å². The van der Waals surface area contributed by atoms with Crippen molar-refractivity contribution in [2.75, 3.05) is 0 Å². The highest BCUT2D eigenvalue weighted by molar-refractivity contribution is 4.90. The fourth-order valence-electron chi connectivity index (χ4n) is 2.67. The lowest BCUT2D eigenvalue weighted by atomic mass is 9.87. The monoisotopic (exact) mass is 250 g/mol. The second kappa shape index (κ2) is 5.39. The molecule has 0 radical (unpaired) electrons. The van der Waals surface area contributed by atoms with Crippen molar-refractivity contribution in [1.29, 1.82) is 0 Å². The van der Waals surface area contributed by atoms with Gasteiger partial charge in [0.25, 0.3) is 0 Å².